The summed E-state index contributed by atoms with van der Waals surface area (Å²) in [4.78, 5) is 31.1. The van der Waals surface area contributed by atoms with Crippen LogP contribution < -0.4 is 9.47 Å². The number of nitrogens with zero attached hydrogens (tertiary/aromatic N) is 2. The van der Waals surface area contributed by atoms with Gasteiger partial charge < -0.3 is 19.3 Å². The molecule has 1 heterocycles. The second-order valence-corrected chi connectivity index (χ2v) is 9.76. The number of halogens is 1. The number of piperazine rings is 1. The summed E-state index contributed by atoms with van der Waals surface area (Å²) in [7, 11) is 1.59. The molecule has 188 valence electrons. The number of benzene rings is 2. The second kappa shape index (κ2) is 11.8. The van der Waals surface area contributed by atoms with E-state index in [0.717, 1.165) is 36.8 Å². The zero-order chi connectivity index (χ0) is 24.8. The Morgan fingerprint density at radius 2 is 1.69 bits per heavy atom. The quantitative estimate of drug-likeness (QED) is 0.456. The van der Waals surface area contributed by atoms with Gasteiger partial charge in [-0.3, -0.25) is 9.59 Å². The number of carbonyl (C=O) groups excluding carboxylic acids is 2. The van der Waals surface area contributed by atoms with Crippen molar-refractivity contribution in [1.82, 2.24) is 9.80 Å². The van der Waals surface area contributed by atoms with Crippen molar-refractivity contribution >= 4 is 23.4 Å². The molecule has 2 fully saturated rings. The summed E-state index contributed by atoms with van der Waals surface area (Å²) >= 11 is 6.03. The first-order valence-electron chi connectivity index (χ1n) is 12.7. The first-order valence-corrected chi connectivity index (χ1v) is 13.0. The first-order chi connectivity index (χ1) is 17.0. The molecule has 0 aromatic heterocycles. The highest BCUT2D eigenvalue weighted by Crippen LogP contribution is 2.36. The Hall–Kier alpha value is -2.73. The summed E-state index contributed by atoms with van der Waals surface area (Å²) in [6.45, 7) is 3.03. The van der Waals surface area contributed by atoms with Gasteiger partial charge in [-0.15, -0.1) is 0 Å². The standard InChI is InChI=1S/C28H35ClN2O4/c1-3-35-24-15-12-21(18-25(24)34-2)27-28(33)31(23-8-6-4-5-7-9-23)19-26(32)30(27)17-16-20-10-13-22(29)14-11-20/h10-15,18,23,27H,3-9,16-17,19H2,1-2H3/t27-/m1/s1. The molecule has 2 aliphatic rings. The lowest BCUT2D eigenvalue weighted by molar-refractivity contribution is -0.158. The monoisotopic (exact) mass is 498 g/mol. The van der Waals surface area contributed by atoms with Crippen LogP contribution in [0.15, 0.2) is 42.5 Å². The molecule has 0 unspecified atom stereocenters. The van der Waals surface area contributed by atoms with Crippen LogP contribution in [0.4, 0.5) is 0 Å². The fraction of sp³-hybridized carbons (Fsp3) is 0.500. The van der Waals surface area contributed by atoms with Gasteiger partial charge in [0.15, 0.2) is 11.5 Å². The Morgan fingerprint density at radius 3 is 2.34 bits per heavy atom. The van der Waals surface area contributed by atoms with Crippen molar-refractivity contribution in [3.05, 3.63) is 58.6 Å². The van der Waals surface area contributed by atoms with Crippen molar-refractivity contribution in [2.45, 2.75) is 64.0 Å². The third-order valence-electron chi connectivity index (χ3n) is 7.08. The minimum Gasteiger partial charge on any atom is -0.493 e. The summed E-state index contributed by atoms with van der Waals surface area (Å²) in [5.41, 5.74) is 1.82. The molecule has 0 radical (unpaired) electrons. The molecule has 0 bridgehead atoms. The highest BCUT2D eigenvalue weighted by molar-refractivity contribution is 6.30. The van der Waals surface area contributed by atoms with Gasteiger partial charge in [-0.05, 0) is 61.6 Å². The summed E-state index contributed by atoms with van der Waals surface area (Å²) in [6, 6.07) is 12.6. The number of hydrogen-bond acceptors (Lipinski definition) is 4. The molecule has 2 amide bonds. The zero-order valence-electron chi connectivity index (χ0n) is 20.7. The Morgan fingerprint density at radius 1 is 0.971 bits per heavy atom. The molecule has 1 aliphatic carbocycles. The number of rotatable bonds is 8. The minimum absolute atomic E-state index is 0.00109. The minimum atomic E-state index is -0.684. The summed E-state index contributed by atoms with van der Waals surface area (Å²) in [5, 5.41) is 0.677. The first kappa shape index (κ1) is 25.4. The fourth-order valence-electron chi connectivity index (χ4n) is 5.23. The van der Waals surface area contributed by atoms with Gasteiger partial charge in [0, 0.05) is 17.6 Å². The van der Waals surface area contributed by atoms with Crippen LogP contribution in [-0.2, 0) is 16.0 Å². The van der Waals surface area contributed by atoms with E-state index in [1.165, 1.54) is 12.8 Å². The van der Waals surface area contributed by atoms with Crippen molar-refractivity contribution in [1.29, 1.82) is 0 Å². The lowest BCUT2D eigenvalue weighted by atomic mass is 9.96. The molecule has 0 spiro atoms. The Bertz CT molecular complexity index is 1020. The molecule has 1 saturated heterocycles. The smallest absolute Gasteiger partial charge is 0.250 e. The molecule has 1 aliphatic heterocycles. The van der Waals surface area contributed by atoms with Crippen molar-refractivity contribution in [2.24, 2.45) is 0 Å². The lowest BCUT2D eigenvalue weighted by Crippen LogP contribution is -2.58. The molecule has 4 rings (SSSR count). The molecule has 35 heavy (non-hydrogen) atoms. The molecule has 2 aromatic carbocycles. The van der Waals surface area contributed by atoms with Crippen LogP contribution >= 0.6 is 11.6 Å². The van der Waals surface area contributed by atoms with E-state index in [1.54, 1.807) is 12.0 Å². The average Bonchev–Trinajstić information content (AvgIpc) is 3.15. The lowest BCUT2D eigenvalue weighted by Gasteiger charge is -2.43. The third-order valence-corrected chi connectivity index (χ3v) is 7.33. The van der Waals surface area contributed by atoms with Gasteiger partial charge in [0.1, 0.15) is 12.6 Å². The predicted molar refractivity (Wildman–Crippen MR) is 137 cm³/mol. The van der Waals surface area contributed by atoms with E-state index in [4.69, 9.17) is 21.1 Å². The van der Waals surface area contributed by atoms with Gasteiger partial charge in [0.05, 0.1) is 13.7 Å². The summed E-state index contributed by atoms with van der Waals surface area (Å²) in [5.74, 6) is 1.18. The Kier molecular flexibility index (Phi) is 8.55. The third kappa shape index (κ3) is 5.92. The van der Waals surface area contributed by atoms with Gasteiger partial charge in [-0.1, -0.05) is 55.5 Å². The summed E-state index contributed by atoms with van der Waals surface area (Å²) in [6.07, 6.45) is 7.16. The molecule has 2 aromatic rings. The van der Waals surface area contributed by atoms with Gasteiger partial charge >= 0.3 is 0 Å². The highest BCUT2D eigenvalue weighted by Gasteiger charge is 2.42. The normalized spacial score (nSPS) is 19.6. The van der Waals surface area contributed by atoms with Crippen LogP contribution in [0.1, 0.15) is 62.6 Å². The molecule has 0 N–H and O–H groups in total. The van der Waals surface area contributed by atoms with Crippen molar-refractivity contribution in [3.63, 3.8) is 0 Å². The molecular formula is C28H35ClN2O4. The van der Waals surface area contributed by atoms with Gasteiger partial charge in [-0.2, -0.15) is 0 Å². The Balaban J connectivity index is 1.65. The SMILES string of the molecule is CCOc1ccc([C@@H]2C(=O)N(C3CCCCCC3)CC(=O)N2CCc2ccc(Cl)cc2)cc1OC. The molecule has 6 nitrogen and oxygen atoms in total. The van der Waals surface area contributed by atoms with E-state index in [1.807, 2.05) is 54.3 Å². The van der Waals surface area contributed by atoms with E-state index in [9.17, 15) is 9.59 Å². The van der Waals surface area contributed by atoms with Crippen molar-refractivity contribution in [2.75, 3.05) is 26.8 Å². The number of hydrogen-bond donors (Lipinski definition) is 0. The predicted octanol–water partition coefficient (Wildman–Crippen LogP) is 5.42. The zero-order valence-corrected chi connectivity index (χ0v) is 21.4. The molecule has 7 heteroatoms. The van der Waals surface area contributed by atoms with Crippen LogP contribution in [-0.4, -0.2) is 54.5 Å². The van der Waals surface area contributed by atoms with Crippen molar-refractivity contribution in [3.8, 4) is 11.5 Å². The Labute approximate surface area is 213 Å². The van der Waals surface area contributed by atoms with E-state index >= 15 is 0 Å². The van der Waals surface area contributed by atoms with Crippen LogP contribution in [0.5, 0.6) is 11.5 Å². The van der Waals surface area contributed by atoms with Gasteiger partial charge in [0.25, 0.3) is 5.91 Å². The maximum atomic E-state index is 14.0. The number of amides is 2. The van der Waals surface area contributed by atoms with Crippen LogP contribution in [0.25, 0.3) is 0 Å². The molecule has 1 atom stereocenters. The van der Waals surface area contributed by atoms with E-state index in [-0.39, 0.29) is 24.4 Å². The summed E-state index contributed by atoms with van der Waals surface area (Å²) < 4.78 is 11.2. The van der Waals surface area contributed by atoms with Crippen molar-refractivity contribution < 1.29 is 19.1 Å². The fourth-order valence-corrected chi connectivity index (χ4v) is 5.36. The van der Waals surface area contributed by atoms with Crippen LogP contribution in [0.3, 0.4) is 0 Å². The number of carbonyl (C=O) groups is 2. The average molecular weight is 499 g/mol. The van der Waals surface area contributed by atoms with E-state index in [2.05, 4.69) is 0 Å². The second-order valence-electron chi connectivity index (χ2n) is 9.32. The van der Waals surface area contributed by atoms with Crippen LogP contribution in [0, 0.1) is 0 Å². The van der Waals surface area contributed by atoms with Gasteiger partial charge in [0.2, 0.25) is 5.91 Å². The number of methoxy groups -OCH3 is 1. The molecule has 1 saturated carbocycles. The maximum Gasteiger partial charge on any atom is 0.250 e. The topological polar surface area (TPSA) is 59.1 Å². The van der Waals surface area contributed by atoms with Crippen LogP contribution in [0.2, 0.25) is 5.02 Å². The highest BCUT2D eigenvalue weighted by atomic mass is 35.5. The van der Waals surface area contributed by atoms with Gasteiger partial charge in [-0.25, -0.2) is 0 Å². The number of ether oxygens (including phenoxy) is 2. The molecular weight excluding hydrogens is 464 g/mol. The van der Waals surface area contributed by atoms with E-state index in [0.29, 0.717) is 36.1 Å². The largest absolute Gasteiger partial charge is 0.493 e. The maximum absolute atomic E-state index is 14.0. The van der Waals surface area contributed by atoms with E-state index < -0.39 is 6.04 Å².